The van der Waals surface area contributed by atoms with Gasteiger partial charge in [0.25, 0.3) is 0 Å². The van der Waals surface area contributed by atoms with Gasteiger partial charge in [0.1, 0.15) is 0 Å². The second kappa shape index (κ2) is 8.13. The summed E-state index contributed by atoms with van der Waals surface area (Å²) in [5, 5.41) is 2.94. The van der Waals surface area contributed by atoms with Crippen LogP contribution in [0.5, 0.6) is 0 Å². The molecule has 2 heterocycles. The van der Waals surface area contributed by atoms with Crippen molar-refractivity contribution in [1.82, 2.24) is 10.3 Å². The maximum atomic E-state index is 12.4. The van der Waals surface area contributed by atoms with Crippen molar-refractivity contribution < 1.29 is 9.59 Å². The summed E-state index contributed by atoms with van der Waals surface area (Å²) in [7, 11) is 0. The molecule has 26 heavy (non-hydrogen) atoms. The summed E-state index contributed by atoms with van der Waals surface area (Å²) in [5.74, 6) is 0.121. The van der Waals surface area contributed by atoms with Crippen molar-refractivity contribution in [2.45, 2.75) is 32.6 Å². The van der Waals surface area contributed by atoms with E-state index in [1.165, 1.54) is 5.56 Å². The molecule has 1 saturated heterocycles. The third kappa shape index (κ3) is 4.28. The number of nitrogens with one attached hydrogen (secondary N) is 1. The van der Waals surface area contributed by atoms with Gasteiger partial charge in [-0.15, -0.1) is 0 Å². The van der Waals surface area contributed by atoms with Crippen LogP contribution in [0.25, 0.3) is 0 Å². The van der Waals surface area contributed by atoms with Crippen LogP contribution in [-0.4, -0.2) is 29.9 Å². The molecule has 0 bridgehead atoms. The smallest absolute Gasteiger partial charge is 0.227 e. The van der Waals surface area contributed by atoms with Crippen LogP contribution in [0.2, 0.25) is 0 Å². The predicted octanol–water partition coefficient (Wildman–Crippen LogP) is 2.92. The van der Waals surface area contributed by atoms with E-state index in [1.807, 2.05) is 24.3 Å². The zero-order chi connectivity index (χ0) is 18.5. The molecule has 0 saturated carbocycles. The fourth-order valence-corrected chi connectivity index (χ4v) is 3.19. The van der Waals surface area contributed by atoms with E-state index >= 15 is 0 Å². The summed E-state index contributed by atoms with van der Waals surface area (Å²) in [6.07, 6.45) is 4.54. The lowest BCUT2D eigenvalue weighted by atomic mass is 10.0. The van der Waals surface area contributed by atoms with Crippen molar-refractivity contribution in [2.24, 2.45) is 5.92 Å². The average Bonchev–Trinajstić information content (AvgIpc) is 3.04. The van der Waals surface area contributed by atoms with E-state index in [2.05, 4.69) is 36.3 Å². The summed E-state index contributed by atoms with van der Waals surface area (Å²) in [5.41, 5.74) is 3.19. The Morgan fingerprint density at radius 2 is 2.04 bits per heavy atom. The highest BCUT2D eigenvalue weighted by Crippen LogP contribution is 2.26. The number of hydrogen-bond acceptors (Lipinski definition) is 3. The van der Waals surface area contributed by atoms with E-state index in [-0.39, 0.29) is 24.2 Å². The molecule has 3 rings (SSSR count). The molecule has 1 atom stereocenters. The second-order valence-corrected chi connectivity index (χ2v) is 7.05. The Bertz CT molecular complexity index is 757. The quantitative estimate of drug-likeness (QED) is 0.870. The van der Waals surface area contributed by atoms with E-state index in [4.69, 9.17) is 0 Å². The highest BCUT2D eigenvalue weighted by atomic mass is 16.2. The molecule has 1 aliphatic rings. The minimum absolute atomic E-state index is 0.00899. The molecule has 0 unspecified atom stereocenters. The predicted molar refractivity (Wildman–Crippen MR) is 102 cm³/mol. The molecule has 1 aromatic heterocycles. The molecule has 2 amide bonds. The lowest BCUT2D eigenvalue weighted by Gasteiger charge is -2.17. The topological polar surface area (TPSA) is 62.3 Å². The van der Waals surface area contributed by atoms with Crippen LogP contribution < -0.4 is 10.2 Å². The molecular weight excluding hydrogens is 326 g/mol. The van der Waals surface area contributed by atoms with Gasteiger partial charge in [0, 0.05) is 37.6 Å². The fourth-order valence-electron chi connectivity index (χ4n) is 3.19. The van der Waals surface area contributed by atoms with Gasteiger partial charge >= 0.3 is 0 Å². The fraction of sp³-hybridized carbons (Fsp3) is 0.381. The molecule has 1 N–H and O–H groups in total. The lowest BCUT2D eigenvalue weighted by Crippen LogP contribution is -2.34. The standard InChI is InChI=1S/C21H25N3O2/c1-15(2)17-5-7-19(8-6-17)24-14-18(12-20(24)25)21(26)23-11-9-16-4-3-10-22-13-16/h3-8,10,13,15,18H,9,11-12,14H2,1-2H3,(H,23,26)/t18-/m1/s1. The van der Waals surface area contributed by atoms with Gasteiger partial charge in [0.2, 0.25) is 11.8 Å². The number of aromatic nitrogens is 1. The van der Waals surface area contributed by atoms with E-state index in [9.17, 15) is 9.59 Å². The highest BCUT2D eigenvalue weighted by molar-refractivity contribution is 6.00. The Balaban J connectivity index is 1.54. The number of anilines is 1. The minimum atomic E-state index is -0.291. The normalized spacial score (nSPS) is 17.0. The van der Waals surface area contributed by atoms with Gasteiger partial charge in [-0.1, -0.05) is 32.0 Å². The maximum absolute atomic E-state index is 12.4. The van der Waals surface area contributed by atoms with Gasteiger partial charge in [-0.3, -0.25) is 14.6 Å². The number of rotatable bonds is 6. The first-order valence-electron chi connectivity index (χ1n) is 9.11. The molecule has 5 heteroatoms. The van der Waals surface area contributed by atoms with Crippen molar-refractivity contribution in [3.63, 3.8) is 0 Å². The van der Waals surface area contributed by atoms with Gasteiger partial charge in [0.15, 0.2) is 0 Å². The van der Waals surface area contributed by atoms with Crippen LogP contribution in [0.15, 0.2) is 48.8 Å². The van der Waals surface area contributed by atoms with Crippen molar-refractivity contribution in [1.29, 1.82) is 0 Å². The van der Waals surface area contributed by atoms with Crippen LogP contribution in [-0.2, 0) is 16.0 Å². The number of hydrogen-bond donors (Lipinski definition) is 1. The van der Waals surface area contributed by atoms with E-state index < -0.39 is 0 Å². The molecule has 136 valence electrons. The number of carbonyl (C=O) groups excluding carboxylic acids is 2. The Kier molecular flexibility index (Phi) is 5.66. The summed E-state index contributed by atoms with van der Waals surface area (Å²) in [6.45, 7) is 5.28. The van der Waals surface area contributed by atoms with E-state index in [0.29, 0.717) is 19.0 Å². The van der Waals surface area contributed by atoms with Gasteiger partial charge in [0.05, 0.1) is 5.92 Å². The monoisotopic (exact) mass is 351 g/mol. The van der Waals surface area contributed by atoms with Gasteiger partial charge in [-0.05, 0) is 41.7 Å². The summed E-state index contributed by atoms with van der Waals surface area (Å²) < 4.78 is 0. The zero-order valence-corrected chi connectivity index (χ0v) is 15.3. The van der Waals surface area contributed by atoms with Gasteiger partial charge < -0.3 is 10.2 Å². The molecule has 1 fully saturated rings. The summed E-state index contributed by atoms with van der Waals surface area (Å²) >= 11 is 0. The first-order valence-corrected chi connectivity index (χ1v) is 9.11. The van der Waals surface area contributed by atoms with E-state index in [0.717, 1.165) is 17.7 Å². The summed E-state index contributed by atoms with van der Waals surface area (Å²) in [6, 6.07) is 11.9. The Labute approximate surface area is 154 Å². The summed E-state index contributed by atoms with van der Waals surface area (Å²) in [4.78, 5) is 30.5. The maximum Gasteiger partial charge on any atom is 0.227 e. The van der Waals surface area contributed by atoms with Crippen molar-refractivity contribution in [3.05, 3.63) is 59.9 Å². The van der Waals surface area contributed by atoms with E-state index in [1.54, 1.807) is 17.3 Å². The largest absolute Gasteiger partial charge is 0.355 e. The van der Waals surface area contributed by atoms with Crippen LogP contribution >= 0.6 is 0 Å². The van der Waals surface area contributed by atoms with Crippen molar-refractivity contribution in [2.75, 3.05) is 18.0 Å². The third-order valence-corrected chi connectivity index (χ3v) is 4.80. The Morgan fingerprint density at radius 1 is 1.27 bits per heavy atom. The van der Waals surface area contributed by atoms with Crippen LogP contribution in [0.3, 0.4) is 0 Å². The molecule has 0 radical (unpaired) electrons. The molecule has 0 spiro atoms. The molecule has 2 aromatic rings. The Hall–Kier alpha value is -2.69. The molecule has 5 nitrogen and oxygen atoms in total. The highest BCUT2D eigenvalue weighted by Gasteiger charge is 2.34. The SMILES string of the molecule is CC(C)c1ccc(N2C[C@H](C(=O)NCCc3cccnc3)CC2=O)cc1. The molecule has 1 aliphatic heterocycles. The first-order chi connectivity index (χ1) is 12.5. The third-order valence-electron chi connectivity index (χ3n) is 4.80. The van der Waals surface area contributed by atoms with Gasteiger partial charge in [-0.2, -0.15) is 0 Å². The number of carbonyl (C=O) groups is 2. The van der Waals surface area contributed by atoms with Crippen molar-refractivity contribution >= 4 is 17.5 Å². The number of nitrogens with zero attached hydrogens (tertiary/aromatic N) is 2. The minimum Gasteiger partial charge on any atom is -0.355 e. The number of benzene rings is 1. The second-order valence-electron chi connectivity index (χ2n) is 7.05. The van der Waals surface area contributed by atoms with Crippen molar-refractivity contribution in [3.8, 4) is 0 Å². The first kappa shape index (κ1) is 18.1. The Morgan fingerprint density at radius 3 is 2.69 bits per heavy atom. The lowest BCUT2D eigenvalue weighted by molar-refractivity contribution is -0.126. The van der Waals surface area contributed by atoms with Crippen LogP contribution in [0.4, 0.5) is 5.69 Å². The molecule has 0 aliphatic carbocycles. The van der Waals surface area contributed by atoms with Crippen LogP contribution in [0, 0.1) is 5.92 Å². The molecular formula is C21H25N3O2. The number of amides is 2. The van der Waals surface area contributed by atoms with Gasteiger partial charge in [-0.25, -0.2) is 0 Å². The molecule has 1 aromatic carbocycles. The zero-order valence-electron chi connectivity index (χ0n) is 15.3. The number of pyridine rings is 1. The van der Waals surface area contributed by atoms with Crippen LogP contribution in [0.1, 0.15) is 37.3 Å². The average molecular weight is 351 g/mol.